The number of hydrogen-bond acceptors (Lipinski definition) is 6. The molecule has 0 saturated carbocycles. The van der Waals surface area contributed by atoms with E-state index in [1.54, 1.807) is 18.4 Å². The quantitative estimate of drug-likeness (QED) is 0.671. The second kappa shape index (κ2) is 9.91. The Morgan fingerprint density at radius 1 is 1.17 bits per heavy atom. The molecule has 1 aromatic heterocycles. The standard InChI is InChI=1S/C22H31N3O4/c1-22(2,25-9-12-28-13-10-25)17-23-21(27)16-24(15-19-7-5-11-29-19)14-18-6-3-4-8-20(18)26/h3-8,11,26H,9-10,12-17H2,1-2H3,(H,23,27). The Bertz CT molecular complexity index is 770. The van der Waals surface area contributed by atoms with Gasteiger partial charge in [-0.05, 0) is 32.0 Å². The Morgan fingerprint density at radius 2 is 1.93 bits per heavy atom. The van der Waals surface area contributed by atoms with Crippen molar-refractivity contribution >= 4 is 5.91 Å². The number of phenols is 1. The number of furan rings is 1. The third-order valence-corrected chi connectivity index (χ3v) is 5.30. The molecule has 0 bridgehead atoms. The fourth-order valence-electron chi connectivity index (χ4n) is 3.53. The molecule has 1 aromatic carbocycles. The molecule has 7 nitrogen and oxygen atoms in total. The van der Waals surface area contributed by atoms with Crippen molar-refractivity contribution in [2.45, 2.75) is 32.5 Å². The van der Waals surface area contributed by atoms with Gasteiger partial charge in [-0.15, -0.1) is 0 Å². The minimum atomic E-state index is -0.136. The maximum absolute atomic E-state index is 12.7. The summed E-state index contributed by atoms with van der Waals surface area (Å²) >= 11 is 0. The van der Waals surface area contributed by atoms with Gasteiger partial charge in [0.05, 0.1) is 32.6 Å². The molecule has 158 valence electrons. The van der Waals surface area contributed by atoms with Crippen LogP contribution in [0.15, 0.2) is 47.1 Å². The molecule has 1 saturated heterocycles. The molecule has 0 unspecified atom stereocenters. The van der Waals surface area contributed by atoms with E-state index in [0.29, 0.717) is 19.6 Å². The summed E-state index contributed by atoms with van der Waals surface area (Å²) < 4.78 is 10.9. The smallest absolute Gasteiger partial charge is 0.234 e. The molecule has 1 aliphatic rings. The maximum atomic E-state index is 12.7. The average molecular weight is 402 g/mol. The molecule has 2 N–H and O–H groups in total. The van der Waals surface area contributed by atoms with Crippen LogP contribution in [0.1, 0.15) is 25.2 Å². The van der Waals surface area contributed by atoms with Crippen molar-refractivity contribution in [1.82, 2.24) is 15.1 Å². The van der Waals surface area contributed by atoms with Crippen LogP contribution in [0, 0.1) is 0 Å². The number of hydrogen-bond donors (Lipinski definition) is 2. The Hall–Kier alpha value is -2.35. The number of benzene rings is 1. The van der Waals surface area contributed by atoms with Crippen LogP contribution in [0.5, 0.6) is 5.75 Å². The topological polar surface area (TPSA) is 78.2 Å². The molecule has 0 atom stereocenters. The van der Waals surface area contributed by atoms with Crippen LogP contribution in [0.4, 0.5) is 0 Å². The summed E-state index contributed by atoms with van der Waals surface area (Å²) in [6, 6.07) is 10.9. The summed E-state index contributed by atoms with van der Waals surface area (Å²) in [5.41, 5.74) is 0.642. The van der Waals surface area contributed by atoms with E-state index in [0.717, 1.165) is 37.6 Å². The fraction of sp³-hybridized carbons (Fsp3) is 0.500. The summed E-state index contributed by atoms with van der Waals surface area (Å²) in [6.45, 7) is 9.22. The first-order valence-corrected chi connectivity index (χ1v) is 10.1. The van der Waals surface area contributed by atoms with Crippen LogP contribution in [0.25, 0.3) is 0 Å². The maximum Gasteiger partial charge on any atom is 0.234 e. The van der Waals surface area contributed by atoms with E-state index < -0.39 is 0 Å². The number of morpholine rings is 1. The molecule has 2 heterocycles. The van der Waals surface area contributed by atoms with Crippen LogP contribution >= 0.6 is 0 Å². The van der Waals surface area contributed by atoms with Gasteiger partial charge < -0.3 is 19.6 Å². The van der Waals surface area contributed by atoms with E-state index >= 15 is 0 Å². The van der Waals surface area contributed by atoms with Crippen molar-refractivity contribution in [3.8, 4) is 5.75 Å². The zero-order valence-corrected chi connectivity index (χ0v) is 17.3. The zero-order chi connectivity index (χ0) is 20.7. The van der Waals surface area contributed by atoms with Gasteiger partial charge in [-0.25, -0.2) is 0 Å². The highest BCUT2D eigenvalue weighted by Crippen LogP contribution is 2.19. The van der Waals surface area contributed by atoms with Crippen molar-refractivity contribution in [2.75, 3.05) is 39.4 Å². The van der Waals surface area contributed by atoms with Crippen LogP contribution in [0.3, 0.4) is 0 Å². The number of rotatable bonds is 9. The van der Waals surface area contributed by atoms with E-state index in [1.165, 1.54) is 0 Å². The van der Waals surface area contributed by atoms with E-state index in [4.69, 9.17) is 9.15 Å². The highest BCUT2D eigenvalue weighted by Gasteiger charge is 2.28. The van der Waals surface area contributed by atoms with Gasteiger partial charge in [0.15, 0.2) is 0 Å². The Morgan fingerprint density at radius 3 is 2.62 bits per heavy atom. The lowest BCUT2D eigenvalue weighted by atomic mass is 10.0. The van der Waals surface area contributed by atoms with E-state index in [2.05, 4.69) is 24.1 Å². The van der Waals surface area contributed by atoms with Crippen LogP contribution in [-0.4, -0.2) is 65.7 Å². The number of phenolic OH excluding ortho intramolecular Hbond substituents is 1. The third-order valence-electron chi connectivity index (χ3n) is 5.30. The normalized spacial score (nSPS) is 15.6. The number of ether oxygens (including phenoxy) is 1. The molecule has 2 aromatic rings. The highest BCUT2D eigenvalue weighted by atomic mass is 16.5. The molecule has 1 aliphatic heterocycles. The second-order valence-electron chi connectivity index (χ2n) is 8.04. The predicted octanol–water partition coefficient (Wildman–Crippen LogP) is 2.21. The van der Waals surface area contributed by atoms with Gasteiger partial charge in [0.25, 0.3) is 0 Å². The fourth-order valence-corrected chi connectivity index (χ4v) is 3.53. The number of nitrogens with one attached hydrogen (secondary N) is 1. The number of carbonyl (C=O) groups excluding carboxylic acids is 1. The summed E-state index contributed by atoms with van der Waals surface area (Å²) in [6.07, 6.45) is 1.62. The highest BCUT2D eigenvalue weighted by molar-refractivity contribution is 5.78. The summed E-state index contributed by atoms with van der Waals surface area (Å²) in [5.74, 6) is 0.959. The van der Waals surface area contributed by atoms with Crippen molar-refractivity contribution < 1.29 is 19.1 Å². The Labute approximate surface area is 172 Å². The van der Waals surface area contributed by atoms with Crippen LogP contribution in [0.2, 0.25) is 0 Å². The summed E-state index contributed by atoms with van der Waals surface area (Å²) in [5, 5.41) is 13.2. The lowest BCUT2D eigenvalue weighted by Crippen LogP contribution is -2.56. The second-order valence-corrected chi connectivity index (χ2v) is 8.04. The minimum Gasteiger partial charge on any atom is -0.508 e. The number of para-hydroxylation sites is 1. The first-order valence-electron chi connectivity index (χ1n) is 10.1. The van der Waals surface area contributed by atoms with Gasteiger partial charge in [-0.2, -0.15) is 0 Å². The summed E-state index contributed by atoms with van der Waals surface area (Å²) in [7, 11) is 0. The van der Waals surface area contributed by atoms with Crippen molar-refractivity contribution in [3.63, 3.8) is 0 Å². The van der Waals surface area contributed by atoms with Crippen molar-refractivity contribution in [1.29, 1.82) is 0 Å². The lowest BCUT2D eigenvalue weighted by molar-refractivity contribution is -0.123. The van der Waals surface area contributed by atoms with Gasteiger partial charge in [0.1, 0.15) is 11.5 Å². The largest absolute Gasteiger partial charge is 0.508 e. The van der Waals surface area contributed by atoms with Gasteiger partial charge in [0.2, 0.25) is 5.91 Å². The van der Waals surface area contributed by atoms with Crippen LogP contribution in [-0.2, 0) is 22.6 Å². The first kappa shape index (κ1) is 21.4. The van der Waals surface area contributed by atoms with Gasteiger partial charge in [-0.1, -0.05) is 18.2 Å². The lowest BCUT2D eigenvalue weighted by Gasteiger charge is -2.41. The Balaban J connectivity index is 1.58. The molecule has 29 heavy (non-hydrogen) atoms. The Kier molecular flexibility index (Phi) is 7.30. The third kappa shape index (κ3) is 6.32. The number of aromatic hydroxyl groups is 1. The molecule has 0 radical (unpaired) electrons. The molecule has 1 amide bonds. The molecular formula is C22H31N3O4. The average Bonchev–Trinajstić information content (AvgIpc) is 3.22. The zero-order valence-electron chi connectivity index (χ0n) is 17.3. The summed E-state index contributed by atoms with van der Waals surface area (Å²) in [4.78, 5) is 17.0. The predicted molar refractivity (Wildman–Crippen MR) is 110 cm³/mol. The molecule has 3 rings (SSSR count). The molecule has 0 aliphatic carbocycles. The van der Waals surface area contributed by atoms with E-state index in [9.17, 15) is 9.90 Å². The van der Waals surface area contributed by atoms with Gasteiger partial charge in [-0.3, -0.25) is 14.6 Å². The van der Waals surface area contributed by atoms with Crippen molar-refractivity contribution in [3.05, 3.63) is 54.0 Å². The molecule has 0 spiro atoms. The van der Waals surface area contributed by atoms with E-state index in [-0.39, 0.29) is 23.7 Å². The number of carbonyl (C=O) groups is 1. The van der Waals surface area contributed by atoms with Gasteiger partial charge >= 0.3 is 0 Å². The number of nitrogens with zero attached hydrogens (tertiary/aromatic N) is 2. The van der Waals surface area contributed by atoms with Crippen molar-refractivity contribution in [2.24, 2.45) is 0 Å². The molecule has 1 fully saturated rings. The minimum absolute atomic E-state index is 0.0479. The SMILES string of the molecule is CC(C)(CNC(=O)CN(Cc1ccco1)Cc1ccccc1O)N1CCOCC1. The van der Waals surface area contributed by atoms with E-state index in [1.807, 2.05) is 29.2 Å². The molecular weight excluding hydrogens is 370 g/mol. The monoisotopic (exact) mass is 401 g/mol. The number of amides is 1. The van der Waals surface area contributed by atoms with Crippen LogP contribution < -0.4 is 5.32 Å². The van der Waals surface area contributed by atoms with Gasteiger partial charge in [0, 0.05) is 37.3 Å². The first-order chi connectivity index (χ1) is 13.9. The molecule has 7 heteroatoms.